The predicted octanol–water partition coefficient (Wildman–Crippen LogP) is 4.56. The maximum Gasteiger partial charge on any atom is 0.257 e. The van der Waals surface area contributed by atoms with E-state index >= 15 is 0 Å². The summed E-state index contributed by atoms with van der Waals surface area (Å²) in [6.45, 7) is 4.87. The van der Waals surface area contributed by atoms with Crippen LogP contribution in [0, 0.1) is 6.92 Å². The summed E-state index contributed by atoms with van der Waals surface area (Å²) >= 11 is 0. The number of carbonyl (C=O) groups excluding carboxylic acids is 1. The molecule has 0 atom stereocenters. The molecule has 0 bridgehead atoms. The Morgan fingerprint density at radius 3 is 2.82 bits per heavy atom. The number of hydrogen-bond acceptors (Lipinski definition) is 4. The zero-order valence-electron chi connectivity index (χ0n) is 16.2. The van der Waals surface area contributed by atoms with Gasteiger partial charge in [-0.2, -0.15) is 5.10 Å². The van der Waals surface area contributed by atoms with E-state index in [1.807, 2.05) is 22.9 Å². The zero-order chi connectivity index (χ0) is 19.7. The van der Waals surface area contributed by atoms with Crippen molar-refractivity contribution >= 4 is 33.7 Å². The molecule has 0 fully saturated rings. The molecule has 0 aliphatic carbocycles. The Morgan fingerprint density at radius 2 is 2.04 bits per heavy atom. The number of aryl methyl sites for hydroxylation is 2. The van der Waals surface area contributed by atoms with Crippen LogP contribution in [0.15, 0.2) is 48.5 Å². The molecule has 0 saturated carbocycles. The lowest BCUT2D eigenvalue weighted by molar-refractivity contribution is 0.102. The predicted molar refractivity (Wildman–Crippen MR) is 111 cm³/mol. The summed E-state index contributed by atoms with van der Waals surface area (Å²) in [5.41, 5.74) is 3.37. The van der Waals surface area contributed by atoms with Crippen LogP contribution in [-0.4, -0.2) is 27.8 Å². The summed E-state index contributed by atoms with van der Waals surface area (Å²) in [6.07, 6.45) is 0.924. The van der Waals surface area contributed by atoms with Crippen molar-refractivity contribution in [3.8, 4) is 5.75 Å². The van der Waals surface area contributed by atoms with Gasteiger partial charge in [-0.3, -0.25) is 4.79 Å². The number of ether oxygens (including phenoxy) is 1. The van der Waals surface area contributed by atoms with Gasteiger partial charge in [0.25, 0.3) is 5.91 Å². The first kappa shape index (κ1) is 18.0. The first-order valence-electron chi connectivity index (χ1n) is 9.32. The number of hydrogen-bond donors (Lipinski definition) is 1. The van der Waals surface area contributed by atoms with Gasteiger partial charge in [0, 0.05) is 17.5 Å². The van der Waals surface area contributed by atoms with Crippen LogP contribution in [0.4, 0.5) is 5.82 Å². The molecule has 0 radical (unpaired) electrons. The van der Waals surface area contributed by atoms with Gasteiger partial charge in [-0.15, -0.1) is 0 Å². The molecule has 2 heterocycles. The number of nitrogens with zero attached hydrogens (tertiary/aromatic N) is 3. The van der Waals surface area contributed by atoms with Gasteiger partial charge in [-0.05, 0) is 49.7 Å². The van der Waals surface area contributed by atoms with Crippen molar-refractivity contribution in [3.63, 3.8) is 0 Å². The van der Waals surface area contributed by atoms with Crippen LogP contribution in [0.2, 0.25) is 0 Å². The third-order valence-corrected chi connectivity index (χ3v) is 4.67. The SMILES string of the molecule is CCCn1nc(NC(=O)c2cccc(OC)c2)c2cc3cc(C)ccc3nc21. The Kier molecular flexibility index (Phi) is 4.69. The Hall–Kier alpha value is -3.41. The van der Waals surface area contributed by atoms with E-state index in [1.54, 1.807) is 31.4 Å². The number of aromatic nitrogens is 3. The van der Waals surface area contributed by atoms with Gasteiger partial charge < -0.3 is 10.1 Å². The normalized spacial score (nSPS) is 11.1. The van der Waals surface area contributed by atoms with Crippen LogP contribution >= 0.6 is 0 Å². The maximum absolute atomic E-state index is 12.8. The number of rotatable bonds is 5. The Balaban J connectivity index is 1.79. The van der Waals surface area contributed by atoms with Crippen molar-refractivity contribution in [2.75, 3.05) is 12.4 Å². The van der Waals surface area contributed by atoms with Gasteiger partial charge in [0.15, 0.2) is 11.5 Å². The molecule has 2 aromatic carbocycles. The molecule has 2 aromatic heterocycles. The van der Waals surface area contributed by atoms with Crippen LogP contribution in [0.25, 0.3) is 21.9 Å². The van der Waals surface area contributed by atoms with E-state index in [9.17, 15) is 4.79 Å². The molecule has 6 heteroatoms. The van der Waals surface area contributed by atoms with Crippen LogP contribution in [0.3, 0.4) is 0 Å². The fourth-order valence-electron chi connectivity index (χ4n) is 3.28. The molecule has 0 unspecified atom stereocenters. The summed E-state index contributed by atoms with van der Waals surface area (Å²) < 4.78 is 7.07. The molecular formula is C22H22N4O2. The summed E-state index contributed by atoms with van der Waals surface area (Å²) in [4.78, 5) is 17.6. The molecule has 0 aliphatic heterocycles. The number of pyridine rings is 1. The number of carbonyl (C=O) groups is 1. The molecule has 6 nitrogen and oxygen atoms in total. The molecular weight excluding hydrogens is 352 g/mol. The van der Waals surface area contributed by atoms with E-state index in [4.69, 9.17) is 9.72 Å². The third-order valence-electron chi connectivity index (χ3n) is 4.67. The Bertz CT molecular complexity index is 1180. The van der Waals surface area contributed by atoms with E-state index in [1.165, 1.54) is 0 Å². The fourth-order valence-corrected chi connectivity index (χ4v) is 3.28. The van der Waals surface area contributed by atoms with Gasteiger partial charge in [0.1, 0.15) is 5.75 Å². The van der Waals surface area contributed by atoms with E-state index < -0.39 is 0 Å². The second-order valence-corrected chi connectivity index (χ2v) is 6.81. The molecule has 4 aromatic rings. The van der Waals surface area contributed by atoms with Crippen molar-refractivity contribution in [3.05, 3.63) is 59.7 Å². The van der Waals surface area contributed by atoms with Gasteiger partial charge in [-0.25, -0.2) is 9.67 Å². The standard InChI is InChI=1S/C22H22N4O2/c1-4-10-26-21-18(13-16-11-14(2)8-9-19(16)23-21)20(25-26)24-22(27)15-6-5-7-17(12-15)28-3/h5-9,11-13H,4,10H2,1-3H3,(H,24,25,27). The van der Waals surface area contributed by atoms with Crippen LogP contribution < -0.4 is 10.1 Å². The molecule has 4 rings (SSSR count). The summed E-state index contributed by atoms with van der Waals surface area (Å²) in [5, 5.41) is 9.43. The third kappa shape index (κ3) is 3.29. The lowest BCUT2D eigenvalue weighted by Crippen LogP contribution is -2.13. The highest BCUT2D eigenvalue weighted by atomic mass is 16.5. The summed E-state index contributed by atoms with van der Waals surface area (Å²) in [6, 6.07) is 15.3. The number of anilines is 1. The van der Waals surface area contributed by atoms with Gasteiger partial charge in [0.2, 0.25) is 0 Å². The highest BCUT2D eigenvalue weighted by Gasteiger charge is 2.16. The topological polar surface area (TPSA) is 69.0 Å². The minimum atomic E-state index is -0.230. The minimum Gasteiger partial charge on any atom is -0.497 e. The molecule has 1 amide bonds. The molecule has 0 aliphatic rings. The number of methoxy groups -OCH3 is 1. The number of amides is 1. The van der Waals surface area contributed by atoms with Crippen molar-refractivity contribution < 1.29 is 9.53 Å². The molecule has 142 valence electrons. The van der Waals surface area contributed by atoms with Crippen molar-refractivity contribution in [2.45, 2.75) is 26.8 Å². The average molecular weight is 374 g/mol. The second kappa shape index (κ2) is 7.31. The molecule has 28 heavy (non-hydrogen) atoms. The largest absolute Gasteiger partial charge is 0.497 e. The first-order valence-corrected chi connectivity index (χ1v) is 9.32. The second-order valence-electron chi connectivity index (χ2n) is 6.81. The molecule has 0 spiro atoms. The number of nitrogens with one attached hydrogen (secondary N) is 1. The smallest absolute Gasteiger partial charge is 0.257 e. The van der Waals surface area contributed by atoms with E-state index in [0.717, 1.165) is 40.5 Å². The molecule has 0 saturated heterocycles. The lowest BCUT2D eigenvalue weighted by Gasteiger charge is -2.05. The Labute approximate surface area is 163 Å². The number of fused-ring (bicyclic) bond motifs is 2. The monoisotopic (exact) mass is 374 g/mol. The lowest BCUT2D eigenvalue weighted by atomic mass is 10.1. The quantitative estimate of drug-likeness (QED) is 0.556. The fraction of sp³-hybridized carbons (Fsp3) is 0.227. The van der Waals surface area contributed by atoms with E-state index in [-0.39, 0.29) is 5.91 Å². The van der Waals surface area contributed by atoms with E-state index in [2.05, 4.69) is 30.3 Å². The van der Waals surface area contributed by atoms with Crippen molar-refractivity contribution in [1.82, 2.24) is 14.8 Å². The highest BCUT2D eigenvalue weighted by molar-refractivity contribution is 6.09. The Morgan fingerprint density at radius 1 is 1.18 bits per heavy atom. The zero-order valence-corrected chi connectivity index (χ0v) is 16.2. The highest BCUT2D eigenvalue weighted by Crippen LogP contribution is 2.27. The van der Waals surface area contributed by atoms with Gasteiger partial charge in [-0.1, -0.05) is 24.6 Å². The van der Waals surface area contributed by atoms with Crippen LogP contribution in [-0.2, 0) is 6.54 Å². The number of benzene rings is 2. The van der Waals surface area contributed by atoms with Crippen molar-refractivity contribution in [1.29, 1.82) is 0 Å². The van der Waals surface area contributed by atoms with E-state index in [0.29, 0.717) is 17.1 Å². The van der Waals surface area contributed by atoms with Crippen molar-refractivity contribution in [2.24, 2.45) is 0 Å². The van der Waals surface area contributed by atoms with Crippen LogP contribution in [0.1, 0.15) is 29.3 Å². The maximum atomic E-state index is 12.8. The average Bonchev–Trinajstić information content (AvgIpc) is 3.03. The van der Waals surface area contributed by atoms with Crippen LogP contribution in [0.5, 0.6) is 5.75 Å². The summed E-state index contributed by atoms with van der Waals surface area (Å²) in [5.74, 6) is 0.926. The minimum absolute atomic E-state index is 0.230. The van der Waals surface area contributed by atoms with Gasteiger partial charge >= 0.3 is 0 Å². The summed E-state index contributed by atoms with van der Waals surface area (Å²) in [7, 11) is 1.58. The van der Waals surface area contributed by atoms with Gasteiger partial charge in [0.05, 0.1) is 18.0 Å². The first-order chi connectivity index (χ1) is 13.6. The molecule has 1 N–H and O–H groups in total.